The molecule has 1 aliphatic carbocycles. The average molecular weight is 238 g/mol. The first-order valence-corrected chi connectivity index (χ1v) is 6.83. The summed E-state index contributed by atoms with van der Waals surface area (Å²) < 4.78 is 5.61. The summed E-state index contributed by atoms with van der Waals surface area (Å²) in [7, 11) is 1.85. The van der Waals surface area contributed by atoms with Gasteiger partial charge >= 0.3 is 0 Å². The molecule has 1 aromatic rings. The minimum atomic E-state index is 0.472. The molecule has 2 heterocycles. The molecule has 16 heavy (non-hydrogen) atoms. The van der Waals surface area contributed by atoms with Crippen LogP contribution in [0.4, 0.5) is 0 Å². The third-order valence-corrected chi connectivity index (χ3v) is 4.74. The normalized spacial score (nSPS) is 33.8. The molecule has 1 aliphatic heterocycles. The lowest BCUT2D eigenvalue weighted by Gasteiger charge is -2.25. The predicted octanol–water partition coefficient (Wildman–Crippen LogP) is 2.06. The van der Waals surface area contributed by atoms with Gasteiger partial charge in [-0.25, -0.2) is 4.98 Å². The van der Waals surface area contributed by atoms with Crippen LogP contribution in [0.5, 0.6) is 0 Å². The van der Waals surface area contributed by atoms with Crippen LogP contribution in [-0.4, -0.2) is 35.7 Å². The molecule has 1 saturated heterocycles. The Bertz CT molecular complexity index is 379. The van der Waals surface area contributed by atoms with Gasteiger partial charge in [0.1, 0.15) is 0 Å². The fourth-order valence-electron chi connectivity index (χ4n) is 3.27. The summed E-state index contributed by atoms with van der Waals surface area (Å²) in [5, 5.41) is 3.35. The van der Waals surface area contributed by atoms with Gasteiger partial charge in [-0.15, -0.1) is 11.3 Å². The minimum absolute atomic E-state index is 0.472. The summed E-state index contributed by atoms with van der Waals surface area (Å²) in [5.74, 6) is 0.759. The lowest BCUT2D eigenvalue weighted by atomic mass is 10.1. The molecule has 0 radical (unpaired) electrons. The fourth-order valence-corrected chi connectivity index (χ4v) is 3.87. The largest absolute Gasteiger partial charge is 0.379 e. The van der Waals surface area contributed by atoms with Gasteiger partial charge in [0.15, 0.2) is 0 Å². The number of aromatic nitrogens is 1. The smallest absolute Gasteiger partial charge is 0.0897 e. The minimum Gasteiger partial charge on any atom is -0.379 e. The molecule has 2 fully saturated rings. The van der Waals surface area contributed by atoms with E-state index in [-0.39, 0.29) is 0 Å². The molecule has 0 unspecified atom stereocenters. The van der Waals surface area contributed by atoms with Gasteiger partial charge in [-0.1, -0.05) is 0 Å². The Kier molecular flexibility index (Phi) is 2.73. The average Bonchev–Trinajstić information content (AvgIpc) is 2.92. The zero-order chi connectivity index (χ0) is 11.1. The van der Waals surface area contributed by atoms with E-state index in [0.717, 1.165) is 12.5 Å². The molecule has 3 nitrogen and oxygen atoms in total. The highest BCUT2D eigenvalue weighted by atomic mass is 32.1. The lowest BCUT2D eigenvalue weighted by Crippen LogP contribution is -2.34. The van der Waals surface area contributed by atoms with Crippen molar-refractivity contribution in [3.05, 3.63) is 16.1 Å². The van der Waals surface area contributed by atoms with Gasteiger partial charge in [0.25, 0.3) is 0 Å². The number of likely N-dealkylation sites (tertiary alicyclic amines) is 1. The number of rotatable bonds is 3. The molecule has 0 N–H and O–H groups in total. The Morgan fingerprint density at radius 2 is 2.44 bits per heavy atom. The van der Waals surface area contributed by atoms with Gasteiger partial charge in [0, 0.05) is 31.6 Å². The maximum absolute atomic E-state index is 5.61. The monoisotopic (exact) mass is 238 g/mol. The molecule has 1 aromatic heterocycles. The number of thiazole rings is 1. The second-order valence-corrected chi connectivity index (χ2v) is 5.95. The standard InChI is InChI=1S/C12H18N2OS/c1-8-13-10(7-16-8)6-14-5-9-3-4-11(14)12(9)15-2/h7,9,11-12H,3-6H2,1-2H3/t9-,11+,12-/m0/s1. The third kappa shape index (κ3) is 1.69. The summed E-state index contributed by atoms with van der Waals surface area (Å²) in [4.78, 5) is 7.10. The van der Waals surface area contributed by atoms with Gasteiger partial charge in [-0.3, -0.25) is 4.90 Å². The second kappa shape index (κ2) is 4.09. The van der Waals surface area contributed by atoms with E-state index >= 15 is 0 Å². The number of aryl methyl sites for hydroxylation is 1. The Morgan fingerprint density at radius 3 is 3.06 bits per heavy atom. The van der Waals surface area contributed by atoms with Crippen molar-refractivity contribution in [2.45, 2.75) is 38.5 Å². The van der Waals surface area contributed by atoms with Gasteiger partial charge in [0.05, 0.1) is 16.8 Å². The predicted molar refractivity (Wildman–Crippen MR) is 64.6 cm³/mol. The molecule has 3 atom stereocenters. The molecule has 1 saturated carbocycles. The Labute approximate surface area is 100 Å². The molecule has 2 aliphatic rings. The van der Waals surface area contributed by atoms with Crippen LogP contribution in [0.2, 0.25) is 0 Å². The second-order valence-electron chi connectivity index (χ2n) is 4.89. The molecule has 3 rings (SSSR count). The van der Waals surface area contributed by atoms with Crippen molar-refractivity contribution < 1.29 is 4.74 Å². The molecule has 4 heteroatoms. The SMILES string of the molecule is CO[C@H]1[C@H]2CC[C@H]1N(Cc1csc(C)n1)C2. The van der Waals surface area contributed by atoms with E-state index in [9.17, 15) is 0 Å². The number of fused-ring (bicyclic) bond motifs is 2. The topological polar surface area (TPSA) is 25.4 Å². The van der Waals surface area contributed by atoms with Crippen molar-refractivity contribution in [3.63, 3.8) is 0 Å². The highest BCUT2D eigenvalue weighted by Crippen LogP contribution is 2.40. The highest BCUT2D eigenvalue weighted by molar-refractivity contribution is 7.09. The van der Waals surface area contributed by atoms with Crippen molar-refractivity contribution in [2.75, 3.05) is 13.7 Å². The summed E-state index contributed by atoms with van der Waals surface area (Å²) in [6.07, 6.45) is 3.11. The molecule has 88 valence electrons. The van der Waals surface area contributed by atoms with Gasteiger partial charge in [-0.05, 0) is 25.7 Å². The van der Waals surface area contributed by atoms with E-state index in [1.54, 1.807) is 11.3 Å². The van der Waals surface area contributed by atoms with Crippen molar-refractivity contribution in [1.82, 2.24) is 9.88 Å². The molecule has 0 amide bonds. The van der Waals surface area contributed by atoms with Crippen molar-refractivity contribution in [2.24, 2.45) is 5.92 Å². The zero-order valence-corrected chi connectivity index (χ0v) is 10.7. The first kappa shape index (κ1) is 10.7. The van der Waals surface area contributed by atoms with E-state index in [1.165, 1.54) is 30.1 Å². The van der Waals surface area contributed by atoms with Crippen molar-refractivity contribution in [1.29, 1.82) is 0 Å². The van der Waals surface area contributed by atoms with Crippen LogP contribution in [0.25, 0.3) is 0 Å². The van der Waals surface area contributed by atoms with Crippen molar-refractivity contribution >= 4 is 11.3 Å². The van der Waals surface area contributed by atoms with Gasteiger partial charge < -0.3 is 4.74 Å². The zero-order valence-electron chi connectivity index (χ0n) is 9.85. The summed E-state index contributed by atoms with van der Waals surface area (Å²) in [6, 6.07) is 0.636. The Balaban J connectivity index is 1.69. The summed E-state index contributed by atoms with van der Waals surface area (Å²) in [6.45, 7) is 4.27. The molecular weight excluding hydrogens is 220 g/mol. The van der Waals surface area contributed by atoms with Crippen molar-refractivity contribution in [3.8, 4) is 0 Å². The van der Waals surface area contributed by atoms with Crippen LogP contribution < -0.4 is 0 Å². The molecular formula is C12H18N2OS. The lowest BCUT2D eigenvalue weighted by molar-refractivity contribution is 0.0679. The van der Waals surface area contributed by atoms with Gasteiger partial charge in [-0.2, -0.15) is 0 Å². The third-order valence-electron chi connectivity index (χ3n) is 3.92. The van der Waals surface area contributed by atoms with Crippen LogP contribution in [0, 0.1) is 12.8 Å². The number of methoxy groups -OCH3 is 1. The Morgan fingerprint density at radius 1 is 1.56 bits per heavy atom. The summed E-state index contributed by atoms with van der Waals surface area (Å²) >= 11 is 1.75. The Hall–Kier alpha value is -0.450. The number of hydrogen-bond acceptors (Lipinski definition) is 4. The number of nitrogens with zero attached hydrogens (tertiary/aromatic N) is 2. The van der Waals surface area contributed by atoms with Crippen LogP contribution in [0.15, 0.2) is 5.38 Å². The van der Waals surface area contributed by atoms with E-state index < -0.39 is 0 Å². The molecule has 2 bridgehead atoms. The maximum Gasteiger partial charge on any atom is 0.0897 e. The van der Waals surface area contributed by atoms with Gasteiger partial charge in [0.2, 0.25) is 0 Å². The van der Waals surface area contributed by atoms with E-state index in [0.29, 0.717) is 12.1 Å². The van der Waals surface area contributed by atoms with Crippen LogP contribution in [-0.2, 0) is 11.3 Å². The maximum atomic E-state index is 5.61. The van der Waals surface area contributed by atoms with Crippen LogP contribution in [0.1, 0.15) is 23.5 Å². The quantitative estimate of drug-likeness (QED) is 0.806. The van der Waals surface area contributed by atoms with E-state index in [2.05, 4.69) is 22.2 Å². The molecule has 0 spiro atoms. The van der Waals surface area contributed by atoms with E-state index in [4.69, 9.17) is 4.74 Å². The fraction of sp³-hybridized carbons (Fsp3) is 0.750. The highest BCUT2D eigenvalue weighted by Gasteiger charge is 2.46. The number of piperidine rings is 1. The summed E-state index contributed by atoms with van der Waals surface area (Å²) in [5.41, 5.74) is 1.23. The van der Waals surface area contributed by atoms with E-state index in [1.807, 2.05) is 7.11 Å². The number of ether oxygens (including phenoxy) is 1. The van der Waals surface area contributed by atoms with Crippen LogP contribution >= 0.6 is 11.3 Å². The molecule has 0 aromatic carbocycles. The first-order chi connectivity index (χ1) is 7.78. The van der Waals surface area contributed by atoms with Crippen LogP contribution in [0.3, 0.4) is 0 Å². The number of hydrogen-bond donors (Lipinski definition) is 0. The first-order valence-electron chi connectivity index (χ1n) is 5.96.